The number of carboxylic acid groups (broad SMARTS) is 2. The van der Waals surface area contributed by atoms with E-state index in [-0.39, 0.29) is 6.42 Å². The zero-order valence-corrected chi connectivity index (χ0v) is 11.5. The fraction of sp³-hybridized carbons (Fsp3) is 0.467. The number of carboxylic acids is 2. The Balaban J connectivity index is 2.24. The molecule has 1 aromatic rings. The quantitative estimate of drug-likeness (QED) is 0.775. The van der Waals surface area contributed by atoms with Crippen LogP contribution in [0.25, 0.3) is 0 Å². The van der Waals surface area contributed by atoms with Crippen LogP contribution in [0.2, 0.25) is 0 Å². The predicted molar refractivity (Wildman–Crippen MR) is 72.8 cm³/mol. The predicted octanol–water partition coefficient (Wildman–Crippen LogP) is 1.68. The maximum atomic E-state index is 11.6. The van der Waals surface area contributed by atoms with E-state index in [2.05, 4.69) is 0 Å². The lowest BCUT2D eigenvalue weighted by molar-refractivity contribution is -0.236. The van der Waals surface area contributed by atoms with Gasteiger partial charge >= 0.3 is 11.9 Å². The molecule has 21 heavy (non-hydrogen) atoms. The summed E-state index contributed by atoms with van der Waals surface area (Å²) in [6.45, 7) is 0.450. The molecule has 2 N–H and O–H groups in total. The Labute approximate surface area is 122 Å². The SMILES string of the molecule is O=C(O)C(Cc1ccccc1)(OC1CCCCO1)C(=O)O. The van der Waals surface area contributed by atoms with E-state index in [9.17, 15) is 19.8 Å². The van der Waals surface area contributed by atoms with Crippen molar-refractivity contribution in [1.29, 1.82) is 0 Å². The third-order valence-corrected chi connectivity index (χ3v) is 3.46. The lowest BCUT2D eigenvalue weighted by Crippen LogP contribution is -2.53. The Kier molecular flexibility index (Phi) is 4.93. The van der Waals surface area contributed by atoms with Crippen LogP contribution in [-0.4, -0.2) is 40.6 Å². The van der Waals surface area contributed by atoms with Gasteiger partial charge in [0.2, 0.25) is 0 Å². The minimum Gasteiger partial charge on any atom is -0.479 e. The van der Waals surface area contributed by atoms with Crippen LogP contribution in [0.5, 0.6) is 0 Å². The van der Waals surface area contributed by atoms with Gasteiger partial charge in [-0.05, 0) is 24.8 Å². The lowest BCUT2D eigenvalue weighted by Gasteiger charge is -2.32. The standard InChI is InChI=1S/C15H18O6/c16-13(17)15(14(18)19,10-11-6-2-1-3-7-11)21-12-8-4-5-9-20-12/h1-3,6-7,12H,4-5,8-10H2,(H,16,17)(H,18,19). The lowest BCUT2D eigenvalue weighted by atomic mass is 9.94. The Morgan fingerprint density at radius 2 is 1.86 bits per heavy atom. The number of rotatable bonds is 6. The van der Waals surface area contributed by atoms with Gasteiger partial charge in [0.1, 0.15) is 0 Å². The third kappa shape index (κ3) is 3.59. The van der Waals surface area contributed by atoms with E-state index in [4.69, 9.17) is 9.47 Å². The molecule has 6 heteroatoms. The molecule has 1 saturated heterocycles. The molecule has 1 fully saturated rings. The van der Waals surface area contributed by atoms with Crippen LogP contribution in [0.3, 0.4) is 0 Å². The van der Waals surface area contributed by atoms with E-state index in [0.717, 1.165) is 12.8 Å². The van der Waals surface area contributed by atoms with Gasteiger partial charge in [0.25, 0.3) is 5.60 Å². The van der Waals surface area contributed by atoms with Gasteiger partial charge in [0.05, 0.1) is 0 Å². The van der Waals surface area contributed by atoms with E-state index in [0.29, 0.717) is 18.6 Å². The Morgan fingerprint density at radius 1 is 1.19 bits per heavy atom. The number of aliphatic carboxylic acids is 2. The first kappa shape index (κ1) is 15.5. The van der Waals surface area contributed by atoms with Crippen LogP contribution >= 0.6 is 0 Å². The molecule has 1 aliphatic heterocycles. The summed E-state index contributed by atoms with van der Waals surface area (Å²) in [6.07, 6.45) is 1.14. The summed E-state index contributed by atoms with van der Waals surface area (Å²) >= 11 is 0. The largest absolute Gasteiger partial charge is 0.479 e. The molecule has 6 nitrogen and oxygen atoms in total. The van der Waals surface area contributed by atoms with Gasteiger partial charge in [-0.25, -0.2) is 9.59 Å². The van der Waals surface area contributed by atoms with Gasteiger partial charge in [-0.2, -0.15) is 0 Å². The molecular weight excluding hydrogens is 276 g/mol. The second-order valence-corrected chi connectivity index (χ2v) is 5.01. The normalized spacial score (nSPS) is 19.1. The van der Waals surface area contributed by atoms with Gasteiger partial charge in [0.15, 0.2) is 6.29 Å². The summed E-state index contributed by atoms with van der Waals surface area (Å²) in [4.78, 5) is 23.2. The molecule has 0 aromatic heterocycles. The van der Waals surface area contributed by atoms with Crippen LogP contribution in [0.15, 0.2) is 30.3 Å². The van der Waals surface area contributed by atoms with Crippen molar-refractivity contribution in [3.05, 3.63) is 35.9 Å². The number of benzene rings is 1. The minimum atomic E-state index is -2.33. The summed E-state index contributed by atoms with van der Waals surface area (Å²) in [7, 11) is 0. The van der Waals surface area contributed by atoms with Crippen molar-refractivity contribution in [3.63, 3.8) is 0 Å². The van der Waals surface area contributed by atoms with Crippen LogP contribution in [-0.2, 0) is 25.5 Å². The highest BCUT2D eigenvalue weighted by Crippen LogP contribution is 2.25. The highest BCUT2D eigenvalue weighted by atomic mass is 16.7. The summed E-state index contributed by atoms with van der Waals surface area (Å²) in [6, 6.07) is 8.57. The van der Waals surface area contributed by atoms with Gasteiger partial charge in [-0.3, -0.25) is 0 Å². The smallest absolute Gasteiger partial charge is 0.348 e. The average molecular weight is 294 g/mol. The number of ether oxygens (including phenoxy) is 2. The van der Waals surface area contributed by atoms with Gasteiger partial charge in [0, 0.05) is 13.0 Å². The summed E-state index contributed by atoms with van der Waals surface area (Å²) in [5, 5.41) is 18.8. The molecule has 0 aliphatic carbocycles. The summed E-state index contributed by atoms with van der Waals surface area (Å²) < 4.78 is 10.7. The Bertz CT molecular complexity index is 478. The zero-order valence-electron chi connectivity index (χ0n) is 11.5. The van der Waals surface area contributed by atoms with Crippen molar-refractivity contribution in [2.45, 2.75) is 37.6 Å². The number of carbonyl (C=O) groups is 2. The highest BCUT2D eigenvalue weighted by Gasteiger charge is 2.50. The van der Waals surface area contributed by atoms with Crippen LogP contribution in [0, 0.1) is 0 Å². The summed E-state index contributed by atoms with van der Waals surface area (Å²) in [5.41, 5.74) is -1.75. The minimum absolute atomic E-state index is 0.252. The molecule has 1 aliphatic rings. The maximum absolute atomic E-state index is 11.6. The third-order valence-electron chi connectivity index (χ3n) is 3.46. The molecule has 1 unspecified atom stereocenters. The maximum Gasteiger partial charge on any atom is 0.348 e. The first-order valence-corrected chi connectivity index (χ1v) is 6.85. The van der Waals surface area contributed by atoms with E-state index in [1.54, 1.807) is 30.3 Å². The molecule has 1 heterocycles. The molecule has 1 aromatic carbocycles. The Hall–Kier alpha value is -1.92. The first-order valence-electron chi connectivity index (χ1n) is 6.85. The fourth-order valence-electron chi connectivity index (χ4n) is 2.30. The van der Waals surface area contributed by atoms with Crippen molar-refractivity contribution in [2.75, 3.05) is 6.61 Å². The van der Waals surface area contributed by atoms with Gasteiger partial charge < -0.3 is 19.7 Å². The van der Waals surface area contributed by atoms with Crippen molar-refractivity contribution in [1.82, 2.24) is 0 Å². The van der Waals surface area contributed by atoms with Crippen molar-refractivity contribution in [2.24, 2.45) is 0 Å². The first-order chi connectivity index (χ1) is 10.0. The molecule has 0 bridgehead atoms. The second kappa shape index (κ2) is 6.69. The average Bonchev–Trinajstić information content (AvgIpc) is 2.48. The molecule has 114 valence electrons. The van der Waals surface area contributed by atoms with Crippen LogP contribution in [0.4, 0.5) is 0 Å². The fourth-order valence-corrected chi connectivity index (χ4v) is 2.30. The monoisotopic (exact) mass is 294 g/mol. The molecule has 0 radical (unpaired) electrons. The van der Waals surface area contributed by atoms with Crippen molar-refractivity contribution < 1.29 is 29.3 Å². The topological polar surface area (TPSA) is 93.1 Å². The van der Waals surface area contributed by atoms with E-state index < -0.39 is 23.8 Å². The Morgan fingerprint density at radius 3 is 2.38 bits per heavy atom. The van der Waals surface area contributed by atoms with Crippen LogP contribution < -0.4 is 0 Å². The molecule has 0 saturated carbocycles. The zero-order chi connectivity index (χ0) is 15.3. The van der Waals surface area contributed by atoms with Crippen LogP contribution in [0.1, 0.15) is 24.8 Å². The molecule has 0 spiro atoms. The molecular formula is C15H18O6. The van der Waals surface area contributed by atoms with Gasteiger partial charge in [-0.15, -0.1) is 0 Å². The molecule has 1 atom stereocenters. The number of hydrogen-bond donors (Lipinski definition) is 2. The van der Waals surface area contributed by atoms with Gasteiger partial charge in [-0.1, -0.05) is 30.3 Å². The van der Waals surface area contributed by atoms with E-state index in [1.165, 1.54) is 0 Å². The van der Waals surface area contributed by atoms with Crippen molar-refractivity contribution >= 4 is 11.9 Å². The molecule has 2 rings (SSSR count). The number of hydrogen-bond acceptors (Lipinski definition) is 4. The second-order valence-electron chi connectivity index (χ2n) is 5.01. The highest BCUT2D eigenvalue weighted by molar-refractivity contribution is 6.02. The summed E-state index contributed by atoms with van der Waals surface area (Å²) in [5.74, 6) is -3.04. The van der Waals surface area contributed by atoms with E-state index in [1.807, 2.05) is 0 Å². The van der Waals surface area contributed by atoms with E-state index >= 15 is 0 Å². The molecule has 0 amide bonds. The van der Waals surface area contributed by atoms with Crippen molar-refractivity contribution in [3.8, 4) is 0 Å².